The zero-order valence-electron chi connectivity index (χ0n) is 13.7. The topological polar surface area (TPSA) is 51.1 Å². The molecular weight excluding hydrogens is 307 g/mol. The van der Waals surface area contributed by atoms with Crippen LogP contribution >= 0.6 is 0 Å². The molecule has 0 aliphatic heterocycles. The SMILES string of the molecule is Cc1cccc(=O)n1CCCCNC(=O)/C=C/c1ccc(F)cc1. The van der Waals surface area contributed by atoms with E-state index in [9.17, 15) is 14.0 Å². The highest BCUT2D eigenvalue weighted by molar-refractivity contribution is 5.91. The number of aryl methyl sites for hydroxylation is 1. The number of halogens is 1. The van der Waals surface area contributed by atoms with E-state index in [1.54, 1.807) is 34.9 Å². The van der Waals surface area contributed by atoms with Crippen molar-refractivity contribution in [1.29, 1.82) is 0 Å². The fourth-order valence-electron chi connectivity index (χ4n) is 2.32. The van der Waals surface area contributed by atoms with Crippen LogP contribution in [0.1, 0.15) is 24.1 Å². The molecular formula is C19H21FN2O2. The maximum Gasteiger partial charge on any atom is 0.250 e. The molecule has 0 spiro atoms. The highest BCUT2D eigenvalue weighted by Crippen LogP contribution is 2.04. The largest absolute Gasteiger partial charge is 0.353 e. The molecule has 0 aliphatic rings. The quantitative estimate of drug-likeness (QED) is 0.628. The summed E-state index contributed by atoms with van der Waals surface area (Å²) < 4.78 is 14.5. The zero-order valence-corrected chi connectivity index (χ0v) is 13.7. The van der Waals surface area contributed by atoms with Gasteiger partial charge in [0.15, 0.2) is 0 Å². The van der Waals surface area contributed by atoms with Gasteiger partial charge in [0.25, 0.3) is 5.56 Å². The van der Waals surface area contributed by atoms with Gasteiger partial charge >= 0.3 is 0 Å². The molecule has 1 amide bonds. The number of amides is 1. The summed E-state index contributed by atoms with van der Waals surface area (Å²) in [6, 6.07) is 11.1. The Labute approximate surface area is 140 Å². The Morgan fingerprint density at radius 3 is 2.62 bits per heavy atom. The van der Waals surface area contributed by atoms with Crippen molar-refractivity contribution in [3.8, 4) is 0 Å². The minimum atomic E-state index is -0.302. The van der Waals surface area contributed by atoms with Crippen molar-refractivity contribution in [3.05, 3.63) is 76.0 Å². The van der Waals surface area contributed by atoms with Crippen molar-refractivity contribution in [1.82, 2.24) is 9.88 Å². The molecule has 1 aromatic carbocycles. The predicted octanol–water partition coefficient (Wildman–Crippen LogP) is 2.91. The standard InChI is InChI=1S/C19H21FN2O2/c1-15-5-4-6-19(24)22(15)14-3-2-13-21-18(23)12-9-16-7-10-17(20)11-8-16/h4-12H,2-3,13-14H2,1H3,(H,21,23)/b12-9+. The van der Waals surface area contributed by atoms with Crippen LogP contribution in [0.25, 0.3) is 6.08 Å². The number of rotatable bonds is 7. The van der Waals surface area contributed by atoms with Gasteiger partial charge in [-0.15, -0.1) is 0 Å². The van der Waals surface area contributed by atoms with Crippen LogP contribution in [-0.4, -0.2) is 17.0 Å². The van der Waals surface area contributed by atoms with Gasteiger partial charge in [0.1, 0.15) is 5.82 Å². The molecule has 2 rings (SSSR count). The van der Waals surface area contributed by atoms with Gasteiger partial charge in [-0.25, -0.2) is 4.39 Å². The Kier molecular flexibility index (Phi) is 6.49. The molecule has 0 atom stereocenters. The first-order valence-electron chi connectivity index (χ1n) is 7.94. The van der Waals surface area contributed by atoms with E-state index in [0.717, 1.165) is 24.1 Å². The second-order valence-electron chi connectivity index (χ2n) is 5.54. The van der Waals surface area contributed by atoms with Gasteiger partial charge in [-0.1, -0.05) is 18.2 Å². The smallest absolute Gasteiger partial charge is 0.250 e. The van der Waals surface area contributed by atoms with E-state index in [-0.39, 0.29) is 17.3 Å². The normalized spacial score (nSPS) is 10.9. The fraction of sp³-hybridized carbons (Fsp3) is 0.263. The molecule has 0 saturated carbocycles. The van der Waals surface area contributed by atoms with Gasteiger partial charge < -0.3 is 9.88 Å². The number of unbranched alkanes of at least 4 members (excludes halogenated alkanes) is 1. The summed E-state index contributed by atoms with van der Waals surface area (Å²) in [5.74, 6) is -0.489. The molecule has 126 valence electrons. The Morgan fingerprint density at radius 2 is 1.92 bits per heavy atom. The first-order chi connectivity index (χ1) is 11.6. The number of pyridine rings is 1. The van der Waals surface area contributed by atoms with Gasteiger partial charge in [-0.05, 0) is 49.6 Å². The van der Waals surface area contributed by atoms with Crippen molar-refractivity contribution in [2.24, 2.45) is 0 Å². The fourth-order valence-corrected chi connectivity index (χ4v) is 2.32. The molecule has 1 heterocycles. The maximum atomic E-state index is 12.8. The number of carbonyl (C=O) groups is 1. The lowest BCUT2D eigenvalue weighted by Crippen LogP contribution is -2.24. The van der Waals surface area contributed by atoms with Crippen molar-refractivity contribution in [3.63, 3.8) is 0 Å². The van der Waals surface area contributed by atoms with E-state index in [1.165, 1.54) is 18.2 Å². The predicted molar refractivity (Wildman–Crippen MR) is 93.1 cm³/mol. The van der Waals surface area contributed by atoms with Crippen LogP contribution in [0.3, 0.4) is 0 Å². The zero-order chi connectivity index (χ0) is 17.4. The van der Waals surface area contributed by atoms with E-state index in [0.29, 0.717) is 13.1 Å². The van der Waals surface area contributed by atoms with Gasteiger partial charge in [0.05, 0.1) is 0 Å². The van der Waals surface area contributed by atoms with E-state index in [1.807, 2.05) is 13.0 Å². The molecule has 1 aromatic heterocycles. The molecule has 0 unspecified atom stereocenters. The van der Waals surface area contributed by atoms with Crippen molar-refractivity contribution in [2.75, 3.05) is 6.54 Å². The molecule has 0 saturated heterocycles. The summed E-state index contributed by atoms with van der Waals surface area (Å²) in [5, 5.41) is 2.79. The molecule has 4 nitrogen and oxygen atoms in total. The second kappa shape index (κ2) is 8.82. The van der Waals surface area contributed by atoms with Crippen molar-refractivity contribution >= 4 is 12.0 Å². The Balaban J connectivity index is 1.69. The van der Waals surface area contributed by atoms with Crippen LogP contribution < -0.4 is 10.9 Å². The van der Waals surface area contributed by atoms with Gasteiger partial charge in [-0.2, -0.15) is 0 Å². The summed E-state index contributed by atoms with van der Waals surface area (Å²) in [4.78, 5) is 23.4. The van der Waals surface area contributed by atoms with E-state index in [4.69, 9.17) is 0 Å². The molecule has 0 radical (unpaired) electrons. The molecule has 1 N–H and O–H groups in total. The summed E-state index contributed by atoms with van der Waals surface area (Å²) in [5.41, 5.74) is 1.71. The van der Waals surface area contributed by atoms with Gasteiger partial charge in [0, 0.05) is 30.9 Å². The number of hydrogen-bond acceptors (Lipinski definition) is 2. The lowest BCUT2D eigenvalue weighted by Gasteiger charge is -2.09. The third kappa shape index (κ3) is 5.50. The Bertz CT molecular complexity index is 764. The highest BCUT2D eigenvalue weighted by Gasteiger charge is 2.00. The van der Waals surface area contributed by atoms with Crippen molar-refractivity contribution < 1.29 is 9.18 Å². The van der Waals surface area contributed by atoms with Gasteiger partial charge in [-0.3, -0.25) is 9.59 Å². The van der Waals surface area contributed by atoms with Crippen LogP contribution in [0.15, 0.2) is 53.3 Å². The van der Waals surface area contributed by atoms with Crippen LogP contribution in [0, 0.1) is 12.7 Å². The minimum Gasteiger partial charge on any atom is -0.353 e. The number of nitrogens with one attached hydrogen (secondary N) is 1. The van der Waals surface area contributed by atoms with E-state index >= 15 is 0 Å². The summed E-state index contributed by atoms with van der Waals surface area (Å²) >= 11 is 0. The number of aromatic nitrogens is 1. The number of nitrogens with zero attached hydrogens (tertiary/aromatic N) is 1. The molecule has 0 aliphatic carbocycles. The maximum absolute atomic E-state index is 12.8. The number of benzene rings is 1. The minimum absolute atomic E-state index is 0.00117. The van der Waals surface area contributed by atoms with Crippen LogP contribution in [0.4, 0.5) is 4.39 Å². The Hall–Kier alpha value is -2.69. The number of carbonyl (C=O) groups excluding carboxylic acids is 1. The summed E-state index contributed by atoms with van der Waals surface area (Å²) in [7, 11) is 0. The molecule has 2 aromatic rings. The monoisotopic (exact) mass is 328 g/mol. The van der Waals surface area contributed by atoms with Gasteiger partial charge in [0.2, 0.25) is 5.91 Å². The molecule has 24 heavy (non-hydrogen) atoms. The lowest BCUT2D eigenvalue weighted by atomic mass is 10.2. The highest BCUT2D eigenvalue weighted by atomic mass is 19.1. The number of hydrogen-bond donors (Lipinski definition) is 1. The second-order valence-corrected chi connectivity index (χ2v) is 5.54. The lowest BCUT2D eigenvalue weighted by molar-refractivity contribution is -0.116. The van der Waals surface area contributed by atoms with Crippen LogP contribution in [0.2, 0.25) is 0 Å². The third-order valence-corrected chi connectivity index (χ3v) is 3.67. The van der Waals surface area contributed by atoms with Crippen molar-refractivity contribution in [2.45, 2.75) is 26.3 Å². The third-order valence-electron chi connectivity index (χ3n) is 3.67. The Morgan fingerprint density at radius 1 is 1.17 bits per heavy atom. The first-order valence-corrected chi connectivity index (χ1v) is 7.94. The first kappa shape index (κ1) is 17.7. The summed E-state index contributed by atoms with van der Waals surface area (Å²) in [6.45, 7) is 3.10. The average molecular weight is 328 g/mol. The van der Waals surface area contributed by atoms with Crippen LogP contribution in [-0.2, 0) is 11.3 Å². The summed E-state index contributed by atoms with van der Waals surface area (Å²) in [6.07, 6.45) is 4.67. The molecule has 0 fully saturated rings. The van der Waals surface area contributed by atoms with Crippen LogP contribution in [0.5, 0.6) is 0 Å². The molecule has 5 heteroatoms. The van der Waals surface area contributed by atoms with E-state index in [2.05, 4.69) is 5.32 Å². The van der Waals surface area contributed by atoms with E-state index < -0.39 is 0 Å². The molecule has 0 bridgehead atoms. The average Bonchev–Trinajstić information content (AvgIpc) is 2.56.